The lowest BCUT2D eigenvalue weighted by Crippen LogP contribution is -2.45. The number of carbonyl (C=O) groups excluding carboxylic acids is 3. The average molecular weight is 297 g/mol. The van der Waals surface area contributed by atoms with Crippen LogP contribution < -0.4 is 10.6 Å². The van der Waals surface area contributed by atoms with Gasteiger partial charge in [-0.1, -0.05) is 0 Å². The van der Waals surface area contributed by atoms with E-state index >= 15 is 0 Å². The molecule has 1 saturated carbocycles. The zero-order chi connectivity index (χ0) is 15.8. The fraction of sp³-hybridized carbons (Fsp3) is 0.692. The first-order valence-electron chi connectivity index (χ1n) is 6.87. The Labute approximate surface area is 121 Å². The topological polar surface area (TPSA) is 116 Å². The molecule has 2 atom stereocenters. The third-order valence-corrected chi connectivity index (χ3v) is 3.89. The predicted octanol–water partition coefficient (Wildman–Crippen LogP) is -0.314. The molecule has 8 nitrogen and oxygen atoms in total. The minimum absolute atomic E-state index is 0.215. The fourth-order valence-electron chi connectivity index (χ4n) is 2.72. The summed E-state index contributed by atoms with van der Waals surface area (Å²) in [6.45, 7) is 2.79. The van der Waals surface area contributed by atoms with E-state index in [9.17, 15) is 19.2 Å². The molecule has 0 bridgehead atoms. The Morgan fingerprint density at radius 3 is 2.52 bits per heavy atom. The molecule has 0 radical (unpaired) electrons. The van der Waals surface area contributed by atoms with Crippen LogP contribution in [0.3, 0.4) is 0 Å². The van der Waals surface area contributed by atoms with Gasteiger partial charge in [-0.15, -0.1) is 0 Å². The van der Waals surface area contributed by atoms with Gasteiger partial charge in [0.05, 0.1) is 5.92 Å². The maximum atomic E-state index is 11.9. The van der Waals surface area contributed by atoms with Crippen molar-refractivity contribution in [3.8, 4) is 0 Å². The van der Waals surface area contributed by atoms with Crippen LogP contribution in [0.1, 0.15) is 33.1 Å². The summed E-state index contributed by atoms with van der Waals surface area (Å²) in [5, 5.41) is 14.1. The second-order valence-electron chi connectivity index (χ2n) is 6.06. The summed E-state index contributed by atoms with van der Waals surface area (Å²) >= 11 is 0. The van der Waals surface area contributed by atoms with Gasteiger partial charge in [0.15, 0.2) is 0 Å². The Morgan fingerprint density at radius 1 is 1.38 bits per heavy atom. The van der Waals surface area contributed by atoms with E-state index in [0.717, 1.165) is 4.90 Å². The van der Waals surface area contributed by atoms with Crippen molar-refractivity contribution in [3.05, 3.63) is 0 Å². The van der Waals surface area contributed by atoms with E-state index in [-0.39, 0.29) is 12.6 Å². The van der Waals surface area contributed by atoms with Gasteiger partial charge in [0.25, 0.3) is 5.91 Å². The molecular weight excluding hydrogens is 278 g/mol. The lowest BCUT2D eigenvalue weighted by atomic mass is 10.1. The second-order valence-corrected chi connectivity index (χ2v) is 6.06. The molecule has 1 aliphatic carbocycles. The number of carbonyl (C=O) groups is 4. The molecule has 1 heterocycles. The van der Waals surface area contributed by atoms with Crippen LogP contribution >= 0.6 is 0 Å². The maximum Gasteiger partial charge on any atom is 0.325 e. The third-order valence-electron chi connectivity index (χ3n) is 3.89. The molecule has 0 aromatic rings. The number of hydrogen-bond donors (Lipinski definition) is 3. The van der Waals surface area contributed by atoms with E-state index in [1.165, 1.54) is 0 Å². The van der Waals surface area contributed by atoms with Gasteiger partial charge in [0.1, 0.15) is 12.1 Å². The van der Waals surface area contributed by atoms with E-state index in [1.807, 2.05) is 0 Å². The van der Waals surface area contributed by atoms with Crippen molar-refractivity contribution in [3.63, 3.8) is 0 Å². The summed E-state index contributed by atoms with van der Waals surface area (Å²) in [5.41, 5.74) is -1.00. The molecule has 3 N–H and O–H groups in total. The fourth-order valence-corrected chi connectivity index (χ4v) is 2.72. The van der Waals surface area contributed by atoms with Gasteiger partial charge in [-0.05, 0) is 33.1 Å². The number of nitrogens with one attached hydrogen (secondary N) is 2. The first-order chi connectivity index (χ1) is 9.70. The van der Waals surface area contributed by atoms with Crippen molar-refractivity contribution in [2.45, 2.75) is 44.7 Å². The molecule has 0 aromatic carbocycles. The predicted molar refractivity (Wildman–Crippen MR) is 71.2 cm³/mol. The normalized spacial score (nSPS) is 27.6. The molecular formula is C13H19N3O5. The Hall–Kier alpha value is -2.12. The number of urea groups is 1. The van der Waals surface area contributed by atoms with E-state index < -0.39 is 35.3 Å². The standard InChI is InChI=1S/C13H19N3O5/c1-13(2)11(20)16(12(21)15-13)6-9(17)14-8-4-3-7(5-8)10(18)19/h7-8H,3-6H2,1-2H3,(H,14,17)(H,15,21)(H,18,19)/t7-,8+/m1/s1. The first kappa shape index (κ1) is 15.3. The smallest absolute Gasteiger partial charge is 0.325 e. The Balaban J connectivity index is 1.87. The van der Waals surface area contributed by atoms with E-state index in [1.54, 1.807) is 13.8 Å². The van der Waals surface area contributed by atoms with Crippen LogP contribution in [0, 0.1) is 5.92 Å². The number of aliphatic carboxylic acids is 1. The lowest BCUT2D eigenvalue weighted by molar-refractivity contribution is -0.141. The number of rotatable bonds is 4. The van der Waals surface area contributed by atoms with Gasteiger partial charge in [-0.2, -0.15) is 0 Å². The molecule has 21 heavy (non-hydrogen) atoms. The summed E-state index contributed by atoms with van der Waals surface area (Å²) in [4.78, 5) is 47.2. The Morgan fingerprint density at radius 2 is 2.05 bits per heavy atom. The monoisotopic (exact) mass is 297 g/mol. The number of carboxylic acids is 1. The Bertz CT molecular complexity index is 502. The minimum Gasteiger partial charge on any atom is -0.481 e. The number of amides is 4. The molecule has 2 aliphatic rings. The highest BCUT2D eigenvalue weighted by molar-refractivity contribution is 6.08. The van der Waals surface area contributed by atoms with Gasteiger partial charge in [-0.25, -0.2) is 4.79 Å². The third kappa shape index (κ3) is 3.14. The quantitative estimate of drug-likeness (QED) is 0.615. The second kappa shape index (κ2) is 5.34. The highest BCUT2D eigenvalue weighted by Gasteiger charge is 2.45. The average Bonchev–Trinajstić information content (AvgIpc) is 2.89. The van der Waals surface area contributed by atoms with Crippen molar-refractivity contribution in [1.82, 2.24) is 15.5 Å². The summed E-state index contributed by atoms with van der Waals surface area (Å²) in [7, 11) is 0. The SMILES string of the molecule is CC1(C)NC(=O)N(CC(=O)N[C@H]2CC[C@@H](C(=O)O)C2)C1=O. The van der Waals surface area contributed by atoms with Crippen LogP contribution in [-0.4, -0.2) is 51.9 Å². The van der Waals surface area contributed by atoms with Crippen LogP contribution in [0.5, 0.6) is 0 Å². The molecule has 0 spiro atoms. The number of nitrogens with zero attached hydrogens (tertiary/aromatic N) is 1. The Kier molecular flexibility index (Phi) is 3.89. The van der Waals surface area contributed by atoms with Crippen molar-refractivity contribution >= 4 is 23.8 Å². The zero-order valence-electron chi connectivity index (χ0n) is 12.0. The summed E-state index contributed by atoms with van der Waals surface area (Å²) in [5.74, 6) is -2.20. The van der Waals surface area contributed by atoms with Gasteiger partial charge in [0.2, 0.25) is 5.91 Å². The van der Waals surface area contributed by atoms with Gasteiger partial charge >= 0.3 is 12.0 Å². The van der Waals surface area contributed by atoms with Crippen LogP contribution in [0.25, 0.3) is 0 Å². The molecule has 1 aliphatic heterocycles. The molecule has 2 fully saturated rings. The van der Waals surface area contributed by atoms with Crippen LogP contribution in [0.4, 0.5) is 4.79 Å². The molecule has 4 amide bonds. The van der Waals surface area contributed by atoms with Crippen LogP contribution in [0.15, 0.2) is 0 Å². The van der Waals surface area contributed by atoms with Crippen molar-refractivity contribution in [1.29, 1.82) is 0 Å². The van der Waals surface area contributed by atoms with Gasteiger partial charge in [0, 0.05) is 6.04 Å². The number of carboxylic acid groups (broad SMARTS) is 1. The summed E-state index contributed by atoms with van der Waals surface area (Å²) < 4.78 is 0. The van der Waals surface area contributed by atoms with E-state index in [2.05, 4.69) is 10.6 Å². The van der Waals surface area contributed by atoms with Crippen molar-refractivity contribution in [2.24, 2.45) is 5.92 Å². The molecule has 2 rings (SSSR count). The highest BCUT2D eigenvalue weighted by atomic mass is 16.4. The van der Waals surface area contributed by atoms with Crippen molar-refractivity contribution < 1.29 is 24.3 Å². The number of imide groups is 1. The van der Waals surface area contributed by atoms with Gasteiger partial charge in [-0.3, -0.25) is 19.3 Å². The largest absolute Gasteiger partial charge is 0.481 e. The molecule has 0 aromatic heterocycles. The first-order valence-corrected chi connectivity index (χ1v) is 6.87. The zero-order valence-corrected chi connectivity index (χ0v) is 12.0. The minimum atomic E-state index is -1.00. The summed E-state index contributed by atoms with van der Waals surface area (Å²) in [6, 6.07) is -0.803. The van der Waals surface area contributed by atoms with Gasteiger partial charge < -0.3 is 15.7 Å². The van der Waals surface area contributed by atoms with E-state index in [0.29, 0.717) is 19.3 Å². The van der Waals surface area contributed by atoms with E-state index in [4.69, 9.17) is 5.11 Å². The lowest BCUT2D eigenvalue weighted by Gasteiger charge is -2.17. The molecule has 116 valence electrons. The molecule has 1 saturated heterocycles. The highest BCUT2D eigenvalue weighted by Crippen LogP contribution is 2.25. The van der Waals surface area contributed by atoms with Crippen LogP contribution in [-0.2, 0) is 14.4 Å². The van der Waals surface area contributed by atoms with Crippen LogP contribution in [0.2, 0.25) is 0 Å². The molecule has 8 heteroatoms. The van der Waals surface area contributed by atoms with Crippen molar-refractivity contribution in [2.75, 3.05) is 6.54 Å². The summed E-state index contributed by atoms with van der Waals surface area (Å²) in [6.07, 6.45) is 1.50. The maximum absolute atomic E-state index is 11.9. The molecule has 0 unspecified atom stereocenters. The number of hydrogen-bond acceptors (Lipinski definition) is 4.